The van der Waals surface area contributed by atoms with Crippen LogP contribution in [0.15, 0.2) is 18.3 Å². The van der Waals surface area contributed by atoms with Crippen molar-refractivity contribution in [3.8, 4) is 0 Å². The number of nitrogens with zero attached hydrogens (tertiary/aromatic N) is 5. The van der Waals surface area contributed by atoms with E-state index in [0.717, 1.165) is 55.4 Å². The standard InChI is InChI=1S/C18H24N6O/c1-13-19-7-6-17(21-13)20-11-15-10-16-12-23(8-3-9-24(16)22-15)18(25)14-4-2-5-14/h6-7,10,14H,2-5,8-9,11-12H2,1H3,(H,19,20,21). The lowest BCUT2D eigenvalue weighted by atomic mass is 9.84. The number of aryl methyl sites for hydroxylation is 2. The largest absolute Gasteiger partial charge is 0.364 e. The zero-order valence-electron chi connectivity index (χ0n) is 14.6. The first-order valence-corrected chi connectivity index (χ1v) is 9.07. The third-order valence-corrected chi connectivity index (χ3v) is 5.06. The topological polar surface area (TPSA) is 75.9 Å². The van der Waals surface area contributed by atoms with E-state index in [-0.39, 0.29) is 5.92 Å². The zero-order chi connectivity index (χ0) is 17.2. The average molecular weight is 340 g/mol. The maximum absolute atomic E-state index is 12.6. The Labute approximate surface area is 147 Å². The third kappa shape index (κ3) is 3.50. The van der Waals surface area contributed by atoms with Crippen molar-refractivity contribution in [1.82, 2.24) is 24.6 Å². The summed E-state index contributed by atoms with van der Waals surface area (Å²) < 4.78 is 2.05. The first-order chi connectivity index (χ1) is 12.2. The van der Waals surface area contributed by atoms with Gasteiger partial charge >= 0.3 is 0 Å². The number of nitrogens with one attached hydrogen (secondary N) is 1. The number of anilines is 1. The molecule has 0 radical (unpaired) electrons. The molecule has 0 saturated heterocycles. The molecule has 1 aliphatic heterocycles. The molecule has 0 spiro atoms. The van der Waals surface area contributed by atoms with E-state index in [1.807, 2.05) is 17.9 Å². The second-order valence-electron chi connectivity index (χ2n) is 6.93. The van der Waals surface area contributed by atoms with Gasteiger partial charge in [0.05, 0.1) is 24.5 Å². The van der Waals surface area contributed by atoms with Crippen LogP contribution in [0.1, 0.15) is 42.9 Å². The summed E-state index contributed by atoms with van der Waals surface area (Å²) in [6, 6.07) is 3.96. The number of hydrogen-bond donors (Lipinski definition) is 1. The Hall–Kier alpha value is -2.44. The fraction of sp³-hybridized carbons (Fsp3) is 0.556. The molecule has 0 bridgehead atoms. The summed E-state index contributed by atoms with van der Waals surface area (Å²) in [6.07, 6.45) is 6.02. The Kier molecular flexibility index (Phi) is 4.38. The molecule has 2 aromatic rings. The molecular formula is C18H24N6O. The molecular weight excluding hydrogens is 316 g/mol. The monoisotopic (exact) mass is 340 g/mol. The summed E-state index contributed by atoms with van der Waals surface area (Å²) in [4.78, 5) is 23.0. The highest BCUT2D eigenvalue weighted by Gasteiger charge is 2.30. The van der Waals surface area contributed by atoms with Crippen molar-refractivity contribution in [3.63, 3.8) is 0 Å². The highest BCUT2D eigenvalue weighted by atomic mass is 16.2. The van der Waals surface area contributed by atoms with Crippen molar-refractivity contribution in [2.24, 2.45) is 5.92 Å². The van der Waals surface area contributed by atoms with Crippen LogP contribution in [0.25, 0.3) is 0 Å². The second kappa shape index (κ2) is 6.82. The first kappa shape index (κ1) is 16.1. The molecule has 3 heterocycles. The van der Waals surface area contributed by atoms with E-state index in [9.17, 15) is 4.79 Å². The molecule has 4 rings (SSSR count). The van der Waals surface area contributed by atoms with E-state index in [0.29, 0.717) is 19.0 Å². The number of fused-ring (bicyclic) bond motifs is 1. The quantitative estimate of drug-likeness (QED) is 0.923. The fourth-order valence-corrected chi connectivity index (χ4v) is 3.45. The number of hydrogen-bond acceptors (Lipinski definition) is 5. The number of aromatic nitrogens is 4. The molecule has 0 atom stereocenters. The van der Waals surface area contributed by atoms with Crippen LogP contribution in [0.4, 0.5) is 5.82 Å². The Morgan fingerprint density at radius 2 is 2.20 bits per heavy atom. The average Bonchev–Trinajstić information content (AvgIpc) is 2.82. The number of rotatable bonds is 4. The molecule has 7 heteroatoms. The molecule has 25 heavy (non-hydrogen) atoms. The normalized spacial score (nSPS) is 17.6. The van der Waals surface area contributed by atoms with Crippen molar-refractivity contribution < 1.29 is 4.79 Å². The molecule has 2 aliphatic rings. The van der Waals surface area contributed by atoms with Crippen molar-refractivity contribution in [3.05, 3.63) is 35.5 Å². The van der Waals surface area contributed by atoms with E-state index < -0.39 is 0 Å². The molecule has 0 aromatic carbocycles. The van der Waals surface area contributed by atoms with Crippen LogP contribution in [0.3, 0.4) is 0 Å². The second-order valence-corrected chi connectivity index (χ2v) is 6.93. The maximum atomic E-state index is 12.6. The van der Waals surface area contributed by atoms with Gasteiger partial charge in [0.2, 0.25) is 5.91 Å². The van der Waals surface area contributed by atoms with E-state index in [4.69, 9.17) is 5.10 Å². The van der Waals surface area contributed by atoms with E-state index in [2.05, 4.69) is 26.0 Å². The molecule has 1 N–H and O–H groups in total. The van der Waals surface area contributed by atoms with Gasteiger partial charge in [0.25, 0.3) is 0 Å². The van der Waals surface area contributed by atoms with Crippen LogP contribution >= 0.6 is 0 Å². The van der Waals surface area contributed by atoms with E-state index in [1.54, 1.807) is 6.20 Å². The van der Waals surface area contributed by atoms with Gasteiger partial charge in [0.15, 0.2) is 0 Å². The van der Waals surface area contributed by atoms with Crippen molar-refractivity contribution in [2.75, 3.05) is 11.9 Å². The molecule has 2 aromatic heterocycles. The molecule has 132 valence electrons. The third-order valence-electron chi connectivity index (χ3n) is 5.06. The Bertz CT molecular complexity index is 767. The smallest absolute Gasteiger partial charge is 0.226 e. The van der Waals surface area contributed by atoms with Crippen molar-refractivity contribution in [2.45, 2.75) is 52.2 Å². The van der Waals surface area contributed by atoms with Crippen LogP contribution in [0, 0.1) is 12.8 Å². The van der Waals surface area contributed by atoms with Crippen LogP contribution in [0.5, 0.6) is 0 Å². The lowest BCUT2D eigenvalue weighted by Crippen LogP contribution is -2.38. The molecule has 1 fully saturated rings. The number of carbonyl (C=O) groups is 1. The van der Waals surface area contributed by atoms with Crippen LogP contribution in [-0.4, -0.2) is 37.1 Å². The van der Waals surface area contributed by atoms with Crippen molar-refractivity contribution >= 4 is 11.7 Å². The molecule has 0 unspecified atom stereocenters. The Morgan fingerprint density at radius 3 is 2.96 bits per heavy atom. The molecule has 1 amide bonds. The van der Waals surface area contributed by atoms with Gasteiger partial charge in [-0.05, 0) is 38.3 Å². The summed E-state index contributed by atoms with van der Waals surface area (Å²) in [5.74, 6) is 2.14. The van der Waals surface area contributed by atoms with Crippen LogP contribution in [0.2, 0.25) is 0 Å². The SMILES string of the molecule is Cc1nccc(NCc2cc3n(n2)CCCN(C(=O)C2CCC2)C3)n1. The predicted molar refractivity (Wildman–Crippen MR) is 93.7 cm³/mol. The van der Waals surface area contributed by atoms with Gasteiger partial charge in [-0.15, -0.1) is 0 Å². The highest BCUT2D eigenvalue weighted by Crippen LogP contribution is 2.29. The summed E-state index contributed by atoms with van der Waals surface area (Å²) in [7, 11) is 0. The Morgan fingerprint density at radius 1 is 1.32 bits per heavy atom. The van der Waals surface area contributed by atoms with Gasteiger partial charge in [-0.1, -0.05) is 6.42 Å². The van der Waals surface area contributed by atoms with Gasteiger partial charge in [0.1, 0.15) is 11.6 Å². The summed E-state index contributed by atoms with van der Waals surface area (Å²) in [5.41, 5.74) is 2.10. The molecule has 1 aliphatic carbocycles. The van der Waals surface area contributed by atoms with Gasteiger partial charge in [-0.2, -0.15) is 5.10 Å². The molecule has 1 saturated carbocycles. The zero-order valence-corrected chi connectivity index (χ0v) is 14.6. The summed E-state index contributed by atoms with van der Waals surface area (Å²) >= 11 is 0. The summed E-state index contributed by atoms with van der Waals surface area (Å²) in [5, 5.41) is 7.98. The molecule has 7 nitrogen and oxygen atoms in total. The lowest BCUT2D eigenvalue weighted by Gasteiger charge is -2.30. The van der Waals surface area contributed by atoms with E-state index in [1.165, 1.54) is 6.42 Å². The Balaban J connectivity index is 1.42. The van der Waals surface area contributed by atoms with Gasteiger partial charge in [-0.25, -0.2) is 9.97 Å². The minimum Gasteiger partial charge on any atom is -0.364 e. The highest BCUT2D eigenvalue weighted by molar-refractivity contribution is 5.79. The number of carbonyl (C=O) groups excluding carboxylic acids is 1. The van der Waals surface area contributed by atoms with Crippen LogP contribution in [-0.2, 0) is 24.4 Å². The first-order valence-electron chi connectivity index (χ1n) is 9.07. The number of amides is 1. The van der Waals surface area contributed by atoms with Crippen molar-refractivity contribution in [1.29, 1.82) is 0 Å². The van der Waals surface area contributed by atoms with Crippen LogP contribution < -0.4 is 5.32 Å². The predicted octanol–water partition coefficient (Wildman–Crippen LogP) is 2.13. The van der Waals surface area contributed by atoms with Gasteiger partial charge in [-0.3, -0.25) is 9.48 Å². The minimum atomic E-state index is 0.261. The maximum Gasteiger partial charge on any atom is 0.226 e. The van der Waals surface area contributed by atoms with Gasteiger partial charge < -0.3 is 10.2 Å². The van der Waals surface area contributed by atoms with E-state index >= 15 is 0 Å². The van der Waals surface area contributed by atoms with Gasteiger partial charge in [0, 0.05) is 25.2 Å². The fourth-order valence-electron chi connectivity index (χ4n) is 3.45. The summed E-state index contributed by atoms with van der Waals surface area (Å²) in [6.45, 7) is 4.88. The minimum absolute atomic E-state index is 0.261. The lowest BCUT2D eigenvalue weighted by molar-refractivity contribution is -0.138.